The lowest BCUT2D eigenvalue weighted by Crippen LogP contribution is -2.45. The molecule has 0 aliphatic carbocycles. The van der Waals surface area contributed by atoms with Crippen molar-refractivity contribution in [3.05, 3.63) is 0 Å². The number of nitrogens with one attached hydrogen (secondary N) is 1. The summed E-state index contributed by atoms with van der Waals surface area (Å²) in [5.74, 6) is 0. The predicted octanol–water partition coefficient (Wildman–Crippen LogP) is -0.242. The van der Waals surface area contributed by atoms with E-state index in [9.17, 15) is 4.79 Å². The quantitative estimate of drug-likeness (QED) is 0.621. The number of piperidine rings is 1. The maximum atomic E-state index is 10.9. The number of likely N-dealkylation sites (tertiary alicyclic amines) is 1. The van der Waals surface area contributed by atoms with E-state index >= 15 is 0 Å². The van der Waals surface area contributed by atoms with Gasteiger partial charge in [0.15, 0.2) is 0 Å². The number of rotatable bonds is 5. The van der Waals surface area contributed by atoms with Gasteiger partial charge in [-0.3, -0.25) is 4.79 Å². The Morgan fingerprint density at radius 2 is 2.14 bits per heavy atom. The van der Waals surface area contributed by atoms with E-state index in [0.29, 0.717) is 6.04 Å². The van der Waals surface area contributed by atoms with Gasteiger partial charge in [-0.2, -0.15) is 0 Å². The van der Waals surface area contributed by atoms with Crippen LogP contribution in [0.15, 0.2) is 0 Å². The van der Waals surface area contributed by atoms with Crippen LogP contribution >= 0.6 is 0 Å². The zero-order valence-electron chi connectivity index (χ0n) is 9.20. The molecule has 0 bridgehead atoms. The number of nitrogens with zero attached hydrogens (tertiary/aromatic N) is 2. The number of carbonyl (C=O) groups is 1. The summed E-state index contributed by atoms with van der Waals surface area (Å²) in [6.07, 6.45) is 3.21. The van der Waals surface area contributed by atoms with Crippen molar-refractivity contribution in [3.63, 3.8) is 0 Å². The summed E-state index contributed by atoms with van der Waals surface area (Å²) in [6.45, 7) is 3.92. The van der Waals surface area contributed by atoms with Crippen LogP contribution in [0.4, 0.5) is 0 Å². The van der Waals surface area contributed by atoms with E-state index in [1.807, 2.05) is 11.9 Å². The first-order chi connectivity index (χ1) is 6.77. The smallest absolute Gasteiger partial charge is 0.209 e. The third-order valence-electron chi connectivity index (χ3n) is 2.91. The van der Waals surface area contributed by atoms with Crippen molar-refractivity contribution in [3.8, 4) is 0 Å². The van der Waals surface area contributed by atoms with Crippen molar-refractivity contribution in [2.75, 3.05) is 40.3 Å². The summed E-state index contributed by atoms with van der Waals surface area (Å²) in [5.41, 5.74) is 0. The highest BCUT2D eigenvalue weighted by atomic mass is 16.1. The summed E-state index contributed by atoms with van der Waals surface area (Å²) in [4.78, 5) is 15.1. The fourth-order valence-corrected chi connectivity index (χ4v) is 1.89. The van der Waals surface area contributed by atoms with E-state index in [-0.39, 0.29) is 0 Å². The molecule has 4 nitrogen and oxygen atoms in total. The molecule has 1 N–H and O–H groups in total. The van der Waals surface area contributed by atoms with Gasteiger partial charge in [0.2, 0.25) is 6.41 Å². The lowest BCUT2D eigenvalue weighted by atomic mass is 10.0. The van der Waals surface area contributed by atoms with Crippen LogP contribution in [0.2, 0.25) is 0 Å². The SMILES string of the molecule is CNCCN(C=O)C1CCN(C)CC1. The van der Waals surface area contributed by atoms with Crippen LogP contribution < -0.4 is 5.32 Å². The van der Waals surface area contributed by atoms with Crippen molar-refractivity contribution >= 4 is 6.41 Å². The molecule has 0 saturated carbocycles. The van der Waals surface area contributed by atoms with Gasteiger partial charge in [-0.25, -0.2) is 0 Å². The Labute approximate surface area is 86.2 Å². The second kappa shape index (κ2) is 5.98. The minimum absolute atomic E-state index is 0.456. The molecule has 0 aromatic rings. The highest BCUT2D eigenvalue weighted by molar-refractivity contribution is 5.47. The third kappa shape index (κ3) is 3.27. The maximum absolute atomic E-state index is 10.9. The molecule has 1 saturated heterocycles. The summed E-state index contributed by atoms with van der Waals surface area (Å²) in [6, 6.07) is 0.456. The zero-order valence-corrected chi connectivity index (χ0v) is 9.20. The van der Waals surface area contributed by atoms with Gasteiger partial charge >= 0.3 is 0 Å². The highest BCUT2D eigenvalue weighted by Gasteiger charge is 2.21. The van der Waals surface area contributed by atoms with Gasteiger partial charge in [-0.1, -0.05) is 0 Å². The molecular weight excluding hydrogens is 178 g/mol. The molecule has 1 aliphatic heterocycles. The van der Waals surface area contributed by atoms with Gasteiger partial charge in [-0.15, -0.1) is 0 Å². The number of hydrogen-bond acceptors (Lipinski definition) is 3. The fourth-order valence-electron chi connectivity index (χ4n) is 1.89. The molecule has 1 heterocycles. The van der Waals surface area contributed by atoms with Crippen molar-refractivity contribution in [2.24, 2.45) is 0 Å². The Bertz CT molecular complexity index is 167. The van der Waals surface area contributed by atoms with Gasteiger partial charge in [0.1, 0.15) is 0 Å². The van der Waals surface area contributed by atoms with Gasteiger partial charge in [0, 0.05) is 19.1 Å². The van der Waals surface area contributed by atoms with Crippen molar-refractivity contribution < 1.29 is 4.79 Å². The van der Waals surface area contributed by atoms with E-state index in [0.717, 1.165) is 45.4 Å². The molecule has 1 fully saturated rings. The molecule has 0 radical (unpaired) electrons. The maximum Gasteiger partial charge on any atom is 0.209 e. The fraction of sp³-hybridized carbons (Fsp3) is 0.900. The number of hydrogen-bond donors (Lipinski definition) is 1. The largest absolute Gasteiger partial charge is 0.341 e. The van der Waals surface area contributed by atoms with Crippen LogP contribution in [-0.2, 0) is 4.79 Å². The van der Waals surface area contributed by atoms with Crippen LogP contribution in [0.1, 0.15) is 12.8 Å². The topological polar surface area (TPSA) is 35.6 Å². The Hall–Kier alpha value is -0.610. The Kier molecular flexibility index (Phi) is 4.90. The van der Waals surface area contributed by atoms with E-state index in [2.05, 4.69) is 17.3 Å². The Balaban J connectivity index is 2.32. The molecule has 0 aromatic carbocycles. The molecule has 0 spiro atoms. The molecule has 1 amide bonds. The summed E-state index contributed by atoms with van der Waals surface area (Å²) < 4.78 is 0. The van der Waals surface area contributed by atoms with E-state index in [4.69, 9.17) is 0 Å². The van der Waals surface area contributed by atoms with Crippen LogP contribution in [0.25, 0.3) is 0 Å². The zero-order chi connectivity index (χ0) is 10.4. The molecule has 14 heavy (non-hydrogen) atoms. The molecule has 4 heteroatoms. The Morgan fingerprint density at radius 3 is 2.64 bits per heavy atom. The summed E-state index contributed by atoms with van der Waals surface area (Å²) in [7, 11) is 4.05. The monoisotopic (exact) mass is 199 g/mol. The average molecular weight is 199 g/mol. The summed E-state index contributed by atoms with van der Waals surface area (Å²) in [5, 5.41) is 3.07. The van der Waals surface area contributed by atoms with Gasteiger partial charge in [-0.05, 0) is 40.0 Å². The lowest BCUT2D eigenvalue weighted by Gasteiger charge is -2.35. The number of amides is 1. The minimum atomic E-state index is 0.456. The van der Waals surface area contributed by atoms with Gasteiger partial charge in [0.25, 0.3) is 0 Å². The molecule has 0 unspecified atom stereocenters. The first-order valence-corrected chi connectivity index (χ1v) is 5.32. The van der Waals surface area contributed by atoms with Crippen molar-refractivity contribution in [1.82, 2.24) is 15.1 Å². The lowest BCUT2D eigenvalue weighted by molar-refractivity contribution is -0.121. The normalized spacial score (nSPS) is 19.6. The number of carbonyl (C=O) groups excluding carboxylic acids is 1. The minimum Gasteiger partial charge on any atom is -0.341 e. The average Bonchev–Trinajstić information content (AvgIpc) is 2.21. The highest BCUT2D eigenvalue weighted by Crippen LogP contribution is 2.13. The van der Waals surface area contributed by atoms with Crippen LogP contribution in [0.3, 0.4) is 0 Å². The molecule has 82 valence electrons. The van der Waals surface area contributed by atoms with Crippen LogP contribution in [-0.4, -0.2) is 62.5 Å². The molecule has 0 aromatic heterocycles. The first kappa shape index (κ1) is 11.5. The van der Waals surface area contributed by atoms with Gasteiger partial charge < -0.3 is 15.1 Å². The van der Waals surface area contributed by atoms with Crippen LogP contribution in [0, 0.1) is 0 Å². The number of likely N-dealkylation sites (N-methyl/N-ethyl adjacent to an activating group) is 1. The Morgan fingerprint density at radius 1 is 1.50 bits per heavy atom. The van der Waals surface area contributed by atoms with Crippen LogP contribution in [0.5, 0.6) is 0 Å². The predicted molar refractivity (Wildman–Crippen MR) is 57.2 cm³/mol. The van der Waals surface area contributed by atoms with Crippen molar-refractivity contribution in [2.45, 2.75) is 18.9 Å². The van der Waals surface area contributed by atoms with E-state index in [1.54, 1.807) is 0 Å². The third-order valence-corrected chi connectivity index (χ3v) is 2.91. The molecular formula is C10H21N3O. The van der Waals surface area contributed by atoms with E-state index < -0.39 is 0 Å². The van der Waals surface area contributed by atoms with Gasteiger partial charge in [0.05, 0.1) is 0 Å². The summed E-state index contributed by atoms with van der Waals surface area (Å²) >= 11 is 0. The molecule has 1 rings (SSSR count). The molecule has 0 atom stereocenters. The van der Waals surface area contributed by atoms with E-state index in [1.165, 1.54) is 0 Å². The second-order valence-electron chi connectivity index (χ2n) is 3.98. The standard InChI is InChI=1S/C10H21N3O/c1-11-5-8-13(9-14)10-3-6-12(2)7-4-10/h9-11H,3-8H2,1-2H3. The molecule has 1 aliphatic rings. The van der Waals surface area contributed by atoms with Crippen molar-refractivity contribution in [1.29, 1.82) is 0 Å². The second-order valence-corrected chi connectivity index (χ2v) is 3.98. The first-order valence-electron chi connectivity index (χ1n) is 5.32.